The summed E-state index contributed by atoms with van der Waals surface area (Å²) in [6.07, 6.45) is 8.95. The fourth-order valence-electron chi connectivity index (χ4n) is 3.41. The van der Waals surface area contributed by atoms with Gasteiger partial charge in [0.1, 0.15) is 0 Å². The summed E-state index contributed by atoms with van der Waals surface area (Å²) in [6, 6.07) is 11.3. The van der Waals surface area contributed by atoms with Gasteiger partial charge in [-0.1, -0.05) is 62.9 Å². The first-order valence-electron chi connectivity index (χ1n) is 7.11. The fourth-order valence-corrected chi connectivity index (χ4v) is 3.41. The molecule has 94 valence electrons. The average Bonchev–Trinajstić information content (AvgIpc) is 2.41. The summed E-state index contributed by atoms with van der Waals surface area (Å²) in [5, 5.41) is 0. The van der Waals surface area contributed by atoms with E-state index in [1.165, 1.54) is 44.1 Å². The summed E-state index contributed by atoms with van der Waals surface area (Å²) in [6.45, 7) is 2.24. The van der Waals surface area contributed by atoms with Crippen LogP contribution in [0.15, 0.2) is 30.3 Å². The second-order valence-electron chi connectivity index (χ2n) is 5.48. The molecule has 0 saturated heterocycles. The normalized spacial score (nSPS) is 21.1. The lowest BCUT2D eigenvalue weighted by atomic mass is 9.64. The SMILES string of the molecule is CCC[C@H](N)C1(c2ccccc2)CCCCC1. The van der Waals surface area contributed by atoms with E-state index in [2.05, 4.69) is 37.3 Å². The highest BCUT2D eigenvalue weighted by Crippen LogP contribution is 2.42. The lowest BCUT2D eigenvalue weighted by Crippen LogP contribution is -2.46. The zero-order chi connectivity index (χ0) is 12.1. The van der Waals surface area contributed by atoms with Crippen molar-refractivity contribution in [2.75, 3.05) is 0 Å². The molecule has 2 N–H and O–H groups in total. The molecule has 17 heavy (non-hydrogen) atoms. The fraction of sp³-hybridized carbons (Fsp3) is 0.625. The molecule has 0 spiro atoms. The molecule has 1 saturated carbocycles. The summed E-state index contributed by atoms with van der Waals surface area (Å²) in [5.74, 6) is 0. The van der Waals surface area contributed by atoms with Crippen LogP contribution in [0.25, 0.3) is 0 Å². The Balaban J connectivity index is 2.29. The molecule has 1 heteroatoms. The van der Waals surface area contributed by atoms with Crippen molar-refractivity contribution in [3.05, 3.63) is 35.9 Å². The van der Waals surface area contributed by atoms with Crippen LogP contribution in [0.4, 0.5) is 0 Å². The summed E-state index contributed by atoms with van der Waals surface area (Å²) in [7, 11) is 0. The van der Waals surface area contributed by atoms with Crippen LogP contribution in [0.2, 0.25) is 0 Å². The lowest BCUT2D eigenvalue weighted by Gasteiger charge is -2.42. The molecule has 2 rings (SSSR count). The Morgan fingerprint density at radius 1 is 1.12 bits per heavy atom. The first-order chi connectivity index (χ1) is 8.29. The van der Waals surface area contributed by atoms with E-state index in [4.69, 9.17) is 5.73 Å². The van der Waals surface area contributed by atoms with Crippen LogP contribution < -0.4 is 5.73 Å². The van der Waals surface area contributed by atoms with Gasteiger partial charge in [0.25, 0.3) is 0 Å². The Hall–Kier alpha value is -0.820. The molecule has 0 unspecified atom stereocenters. The zero-order valence-corrected chi connectivity index (χ0v) is 11.0. The molecule has 1 aromatic rings. The third-order valence-electron chi connectivity index (χ3n) is 4.40. The molecule has 1 nitrogen and oxygen atoms in total. The van der Waals surface area contributed by atoms with Gasteiger partial charge in [-0.15, -0.1) is 0 Å². The van der Waals surface area contributed by atoms with Crippen molar-refractivity contribution in [3.8, 4) is 0 Å². The van der Waals surface area contributed by atoms with Crippen molar-refractivity contribution >= 4 is 0 Å². The maximum atomic E-state index is 6.53. The van der Waals surface area contributed by atoms with Crippen LogP contribution in [0, 0.1) is 0 Å². The number of nitrogens with two attached hydrogens (primary N) is 1. The van der Waals surface area contributed by atoms with Crippen molar-refractivity contribution < 1.29 is 0 Å². The zero-order valence-electron chi connectivity index (χ0n) is 11.0. The predicted molar refractivity (Wildman–Crippen MR) is 74.1 cm³/mol. The molecule has 1 aliphatic carbocycles. The molecule has 1 aliphatic rings. The smallest absolute Gasteiger partial charge is 0.0136 e. The van der Waals surface area contributed by atoms with Gasteiger partial charge in [-0.2, -0.15) is 0 Å². The number of hydrogen-bond donors (Lipinski definition) is 1. The van der Waals surface area contributed by atoms with Gasteiger partial charge in [0.2, 0.25) is 0 Å². The lowest BCUT2D eigenvalue weighted by molar-refractivity contribution is 0.233. The van der Waals surface area contributed by atoms with Gasteiger partial charge in [-0.05, 0) is 24.8 Å². The van der Waals surface area contributed by atoms with Crippen LogP contribution in [0.5, 0.6) is 0 Å². The second-order valence-corrected chi connectivity index (χ2v) is 5.48. The summed E-state index contributed by atoms with van der Waals surface area (Å²) < 4.78 is 0. The Morgan fingerprint density at radius 2 is 1.76 bits per heavy atom. The van der Waals surface area contributed by atoms with Gasteiger partial charge >= 0.3 is 0 Å². The van der Waals surface area contributed by atoms with Crippen LogP contribution in [0.3, 0.4) is 0 Å². The molecule has 0 bridgehead atoms. The molecular formula is C16H25N. The summed E-state index contributed by atoms with van der Waals surface area (Å²) in [5.41, 5.74) is 8.26. The van der Waals surface area contributed by atoms with E-state index in [1.54, 1.807) is 0 Å². The van der Waals surface area contributed by atoms with Crippen molar-refractivity contribution in [2.24, 2.45) is 5.73 Å². The van der Waals surface area contributed by atoms with Crippen molar-refractivity contribution in [3.63, 3.8) is 0 Å². The molecule has 0 aromatic heterocycles. The highest BCUT2D eigenvalue weighted by Gasteiger charge is 2.38. The highest BCUT2D eigenvalue weighted by molar-refractivity contribution is 5.28. The molecule has 1 fully saturated rings. The van der Waals surface area contributed by atoms with Gasteiger partial charge in [-0.25, -0.2) is 0 Å². The monoisotopic (exact) mass is 231 g/mol. The van der Waals surface area contributed by atoms with E-state index >= 15 is 0 Å². The standard InChI is InChI=1S/C16H25N/c1-2-9-15(17)16(12-7-4-8-13-16)14-10-5-3-6-11-14/h3,5-6,10-11,15H,2,4,7-9,12-13,17H2,1H3/t15-/m0/s1. The van der Waals surface area contributed by atoms with Crippen LogP contribution in [0.1, 0.15) is 57.4 Å². The van der Waals surface area contributed by atoms with E-state index in [9.17, 15) is 0 Å². The van der Waals surface area contributed by atoms with Gasteiger partial charge in [0, 0.05) is 11.5 Å². The quantitative estimate of drug-likeness (QED) is 0.832. The summed E-state index contributed by atoms with van der Waals surface area (Å²) >= 11 is 0. The average molecular weight is 231 g/mol. The van der Waals surface area contributed by atoms with Crippen LogP contribution in [-0.2, 0) is 5.41 Å². The minimum Gasteiger partial charge on any atom is -0.327 e. The molecule has 1 atom stereocenters. The maximum Gasteiger partial charge on any atom is 0.0136 e. The minimum atomic E-state index is 0.259. The van der Waals surface area contributed by atoms with Crippen molar-refractivity contribution in [1.82, 2.24) is 0 Å². The van der Waals surface area contributed by atoms with Gasteiger partial charge in [-0.3, -0.25) is 0 Å². The number of hydrogen-bond acceptors (Lipinski definition) is 1. The minimum absolute atomic E-state index is 0.259. The van der Waals surface area contributed by atoms with E-state index in [0.29, 0.717) is 6.04 Å². The molecule has 1 aromatic carbocycles. The first-order valence-corrected chi connectivity index (χ1v) is 7.11. The number of benzene rings is 1. The topological polar surface area (TPSA) is 26.0 Å². The van der Waals surface area contributed by atoms with Crippen molar-refractivity contribution in [2.45, 2.75) is 63.3 Å². The van der Waals surface area contributed by atoms with Gasteiger partial charge in [0.15, 0.2) is 0 Å². The molecule has 0 heterocycles. The van der Waals surface area contributed by atoms with Crippen LogP contribution in [-0.4, -0.2) is 6.04 Å². The van der Waals surface area contributed by atoms with Crippen molar-refractivity contribution in [1.29, 1.82) is 0 Å². The maximum absolute atomic E-state index is 6.53. The Morgan fingerprint density at radius 3 is 2.35 bits per heavy atom. The van der Waals surface area contributed by atoms with Gasteiger partial charge < -0.3 is 5.73 Å². The van der Waals surface area contributed by atoms with Gasteiger partial charge in [0.05, 0.1) is 0 Å². The molecule has 0 amide bonds. The third kappa shape index (κ3) is 2.55. The largest absolute Gasteiger partial charge is 0.327 e. The molecule has 0 radical (unpaired) electrons. The Labute approximate surface area is 105 Å². The Kier molecular flexibility index (Phi) is 4.22. The van der Waals surface area contributed by atoms with E-state index < -0.39 is 0 Å². The number of rotatable bonds is 4. The third-order valence-corrected chi connectivity index (χ3v) is 4.40. The van der Waals surface area contributed by atoms with E-state index in [-0.39, 0.29) is 5.41 Å². The van der Waals surface area contributed by atoms with E-state index in [1.807, 2.05) is 0 Å². The molecular weight excluding hydrogens is 206 g/mol. The van der Waals surface area contributed by atoms with Crippen LogP contribution >= 0.6 is 0 Å². The first kappa shape index (κ1) is 12.6. The highest BCUT2D eigenvalue weighted by atomic mass is 14.7. The van der Waals surface area contributed by atoms with E-state index in [0.717, 1.165) is 6.42 Å². The molecule has 0 aliphatic heterocycles. The predicted octanol–water partition coefficient (Wildman–Crippen LogP) is 4.02. The summed E-state index contributed by atoms with van der Waals surface area (Å²) in [4.78, 5) is 0. The second kappa shape index (κ2) is 5.68. The Bertz CT molecular complexity index is 325.